The minimum Gasteiger partial charge on any atom is -0.444 e. The molecular weight excluding hydrogens is 390 g/mol. The number of ether oxygens (including phenoxy) is 1. The van der Waals surface area contributed by atoms with Crippen molar-refractivity contribution in [2.75, 3.05) is 5.32 Å². The molecule has 12 heteroatoms. The first-order valence-corrected chi connectivity index (χ1v) is 7.47. The van der Waals surface area contributed by atoms with Gasteiger partial charge >= 0.3 is 18.4 Å². The number of rotatable bonds is 4. The number of Topliss-reactive ketones (excluding diaryl/α,β-unsaturated/α-hetero) is 1. The third-order valence-electron chi connectivity index (χ3n) is 2.78. The zero-order chi connectivity index (χ0) is 19.5. The van der Waals surface area contributed by atoms with Gasteiger partial charge < -0.3 is 4.74 Å². The topological polar surface area (TPSA) is 68.3 Å². The molecule has 0 aliphatic rings. The van der Waals surface area contributed by atoms with Crippen LogP contribution in [0.25, 0.3) is 0 Å². The van der Waals surface area contributed by atoms with E-state index in [9.17, 15) is 35.9 Å². The molecule has 0 saturated carbocycles. The minimum atomic E-state index is -5.52. The van der Waals surface area contributed by atoms with Crippen molar-refractivity contribution in [1.82, 2.24) is 4.98 Å². The summed E-state index contributed by atoms with van der Waals surface area (Å²) >= 11 is -0.241. The maximum atomic E-state index is 12.8. The molecule has 0 bridgehead atoms. The van der Waals surface area contributed by atoms with Crippen LogP contribution in [0.3, 0.4) is 0 Å². The van der Waals surface area contributed by atoms with Crippen molar-refractivity contribution in [2.45, 2.75) is 19.0 Å². The van der Waals surface area contributed by atoms with Crippen LogP contribution >= 0.6 is 11.3 Å². The highest BCUT2D eigenvalue weighted by molar-refractivity contribution is 7.17. The Kier molecular flexibility index (Phi) is 5.54. The minimum absolute atomic E-state index is 0.224. The van der Waals surface area contributed by atoms with E-state index in [2.05, 4.69) is 4.98 Å². The molecule has 1 aromatic heterocycles. The predicted molar refractivity (Wildman–Crippen MR) is 77.8 cm³/mol. The highest BCUT2D eigenvalue weighted by atomic mass is 32.1. The van der Waals surface area contributed by atoms with E-state index in [0.717, 1.165) is 0 Å². The molecule has 2 rings (SSSR count). The maximum absolute atomic E-state index is 12.8. The molecule has 140 valence electrons. The number of anilines is 1. The maximum Gasteiger partial charge on any atom is 0.455 e. The lowest BCUT2D eigenvalue weighted by molar-refractivity contribution is -0.141. The fourth-order valence-corrected chi connectivity index (χ4v) is 2.63. The van der Waals surface area contributed by atoms with Gasteiger partial charge in [-0.3, -0.25) is 10.1 Å². The van der Waals surface area contributed by atoms with Gasteiger partial charge in [0.15, 0.2) is 10.8 Å². The van der Waals surface area contributed by atoms with E-state index in [1.54, 1.807) is 35.6 Å². The Morgan fingerprint density at radius 3 is 2.23 bits per heavy atom. The van der Waals surface area contributed by atoms with Crippen molar-refractivity contribution < 1.29 is 40.7 Å². The summed E-state index contributed by atoms with van der Waals surface area (Å²) in [6, 6.07) is 8.23. The van der Waals surface area contributed by atoms with Crippen molar-refractivity contribution in [1.29, 1.82) is 0 Å². The first kappa shape index (κ1) is 19.7. The molecule has 0 unspecified atom stereocenters. The second kappa shape index (κ2) is 7.32. The molecule has 0 fully saturated rings. The average molecular weight is 398 g/mol. The molecule has 0 aliphatic heterocycles. The number of nitrogens with one attached hydrogen (secondary N) is 1. The van der Waals surface area contributed by atoms with Gasteiger partial charge in [-0.15, -0.1) is 0 Å². The van der Waals surface area contributed by atoms with Crippen LogP contribution < -0.4 is 5.32 Å². The zero-order valence-corrected chi connectivity index (χ0v) is 13.3. The lowest BCUT2D eigenvalue weighted by atomic mass is 10.2. The highest BCUT2D eigenvalue weighted by Crippen LogP contribution is 2.39. The van der Waals surface area contributed by atoms with Crippen molar-refractivity contribution in [2.24, 2.45) is 0 Å². The normalized spacial score (nSPS) is 11.9. The summed E-state index contributed by atoms with van der Waals surface area (Å²) in [5, 5.41) is 0.934. The fourth-order valence-electron chi connectivity index (χ4n) is 1.69. The molecule has 0 atom stereocenters. The van der Waals surface area contributed by atoms with Gasteiger partial charge in [0.05, 0.1) is 0 Å². The van der Waals surface area contributed by atoms with Crippen LogP contribution in [0.4, 0.5) is 36.3 Å². The van der Waals surface area contributed by atoms with Crippen molar-refractivity contribution in [3.05, 3.63) is 46.5 Å². The first-order valence-electron chi connectivity index (χ1n) is 6.65. The van der Waals surface area contributed by atoms with Gasteiger partial charge in [-0.05, 0) is 5.56 Å². The predicted octanol–water partition coefficient (Wildman–Crippen LogP) is 4.66. The number of amides is 1. The molecule has 0 aliphatic carbocycles. The van der Waals surface area contributed by atoms with Gasteiger partial charge in [-0.25, -0.2) is 9.78 Å². The number of carbonyl (C=O) groups excluding carboxylic acids is 2. The van der Waals surface area contributed by atoms with Gasteiger partial charge in [-0.2, -0.15) is 26.3 Å². The Morgan fingerprint density at radius 1 is 1.08 bits per heavy atom. The van der Waals surface area contributed by atoms with Gasteiger partial charge in [0.25, 0.3) is 5.78 Å². The largest absolute Gasteiger partial charge is 0.455 e. The van der Waals surface area contributed by atoms with Crippen LogP contribution in [-0.2, 0) is 17.5 Å². The Balaban J connectivity index is 2.15. The van der Waals surface area contributed by atoms with Crippen LogP contribution in [0.15, 0.2) is 30.3 Å². The average Bonchev–Trinajstić information content (AvgIpc) is 2.96. The second-order valence-electron chi connectivity index (χ2n) is 4.71. The summed E-state index contributed by atoms with van der Waals surface area (Å²) in [7, 11) is 0. The van der Waals surface area contributed by atoms with Gasteiger partial charge in [0, 0.05) is 0 Å². The molecule has 1 amide bonds. The molecule has 26 heavy (non-hydrogen) atoms. The molecular formula is C14H8F6N2O3S. The number of halogens is 6. The van der Waals surface area contributed by atoms with Crippen LogP contribution in [-0.4, -0.2) is 23.0 Å². The van der Waals surface area contributed by atoms with Gasteiger partial charge in [0.1, 0.15) is 11.5 Å². The second-order valence-corrected chi connectivity index (χ2v) is 5.71. The molecule has 0 radical (unpaired) electrons. The van der Waals surface area contributed by atoms with Crippen LogP contribution in [0.2, 0.25) is 0 Å². The Bertz CT molecular complexity index is 801. The third-order valence-corrected chi connectivity index (χ3v) is 3.75. The Morgan fingerprint density at radius 2 is 1.69 bits per heavy atom. The van der Waals surface area contributed by atoms with Crippen LogP contribution in [0, 0.1) is 0 Å². The number of ketones is 1. The summed E-state index contributed by atoms with van der Waals surface area (Å²) in [5.41, 5.74) is -1.45. The van der Waals surface area contributed by atoms with E-state index in [1.165, 1.54) is 0 Å². The molecule has 2 aromatic rings. The molecule has 1 heterocycles. The molecule has 5 nitrogen and oxygen atoms in total. The monoisotopic (exact) mass is 398 g/mol. The lowest BCUT2D eigenvalue weighted by Gasteiger charge is -2.06. The summed E-state index contributed by atoms with van der Waals surface area (Å²) in [6.45, 7) is -0.224. The van der Waals surface area contributed by atoms with E-state index >= 15 is 0 Å². The highest BCUT2D eigenvalue weighted by Gasteiger charge is 2.47. The van der Waals surface area contributed by atoms with E-state index in [4.69, 9.17) is 4.74 Å². The summed E-state index contributed by atoms with van der Waals surface area (Å²) in [4.78, 5) is 23.9. The van der Waals surface area contributed by atoms with Gasteiger partial charge in [0.2, 0.25) is 0 Å². The zero-order valence-electron chi connectivity index (χ0n) is 12.4. The van der Waals surface area contributed by atoms with E-state index in [1.807, 2.05) is 0 Å². The standard InChI is InChI=1S/C14H8F6N2O3S/c15-13(16,17)9-8(10(23)14(18,19)20)26-11(21-9)22-12(24)25-6-7-4-2-1-3-5-7/h1-5H,6H2,(H,21,22,24). The summed E-state index contributed by atoms with van der Waals surface area (Å²) in [6.07, 6.45) is -12.1. The molecule has 0 saturated heterocycles. The van der Waals surface area contributed by atoms with Crippen molar-refractivity contribution >= 4 is 28.3 Å². The first-order chi connectivity index (χ1) is 12.0. The fraction of sp³-hybridized carbons (Fsp3) is 0.214. The number of hydrogen-bond donors (Lipinski definition) is 1. The van der Waals surface area contributed by atoms with E-state index < -0.39 is 39.9 Å². The summed E-state index contributed by atoms with van der Waals surface area (Å²) < 4.78 is 80.4. The SMILES string of the molecule is O=C(Nc1nc(C(F)(F)F)c(C(=O)C(F)(F)F)s1)OCc1ccccc1. The third kappa shape index (κ3) is 4.94. The Labute approximate surface area is 145 Å². The lowest BCUT2D eigenvalue weighted by Crippen LogP contribution is -2.24. The number of hydrogen-bond acceptors (Lipinski definition) is 5. The van der Waals surface area contributed by atoms with Crippen molar-refractivity contribution in [3.63, 3.8) is 0 Å². The van der Waals surface area contributed by atoms with E-state index in [-0.39, 0.29) is 17.9 Å². The number of nitrogens with zero attached hydrogens (tertiary/aromatic N) is 1. The number of carbonyl (C=O) groups is 2. The smallest absolute Gasteiger partial charge is 0.444 e. The molecule has 1 aromatic carbocycles. The Hall–Kier alpha value is -2.63. The number of thiazole rings is 1. The van der Waals surface area contributed by atoms with E-state index in [0.29, 0.717) is 5.56 Å². The summed E-state index contributed by atoms with van der Waals surface area (Å²) in [5.74, 6) is -2.70. The van der Waals surface area contributed by atoms with Gasteiger partial charge in [-0.1, -0.05) is 41.7 Å². The van der Waals surface area contributed by atoms with Crippen molar-refractivity contribution in [3.8, 4) is 0 Å². The van der Waals surface area contributed by atoms with Crippen LogP contribution in [0.1, 0.15) is 20.9 Å². The number of alkyl halides is 6. The molecule has 0 spiro atoms. The molecule has 1 N–H and O–H groups in total. The number of aromatic nitrogens is 1. The number of benzene rings is 1. The quantitative estimate of drug-likeness (QED) is 0.601. The van der Waals surface area contributed by atoms with Crippen LogP contribution in [0.5, 0.6) is 0 Å².